The second-order valence-corrected chi connectivity index (χ2v) is 7.52. The van der Waals surface area contributed by atoms with Crippen LogP contribution in [0.5, 0.6) is 0 Å². The molecule has 4 rings (SSSR count). The molecule has 0 saturated heterocycles. The highest BCUT2D eigenvalue weighted by Gasteiger charge is 2.28. The van der Waals surface area contributed by atoms with Gasteiger partial charge in [-0.1, -0.05) is 35.3 Å². The second-order valence-electron chi connectivity index (χ2n) is 6.65. The first-order valence-corrected chi connectivity index (χ1v) is 9.82. The predicted octanol–water partition coefficient (Wildman–Crippen LogP) is 2.86. The summed E-state index contributed by atoms with van der Waals surface area (Å²) < 4.78 is 3.01. The van der Waals surface area contributed by atoms with Gasteiger partial charge < -0.3 is 9.80 Å². The summed E-state index contributed by atoms with van der Waals surface area (Å²) in [4.78, 5) is 29.3. The van der Waals surface area contributed by atoms with Crippen LogP contribution in [0.15, 0.2) is 49.1 Å². The molecule has 0 radical (unpaired) electrons. The van der Waals surface area contributed by atoms with E-state index in [1.54, 1.807) is 22.2 Å². The fourth-order valence-electron chi connectivity index (χ4n) is 3.36. The van der Waals surface area contributed by atoms with Crippen LogP contribution in [-0.4, -0.2) is 44.5 Å². The van der Waals surface area contributed by atoms with Gasteiger partial charge in [0, 0.05) is 25.5 Å². The summed E-state index contributed by atoms with van der Waals surface area (Å²) in [6.45, 7) is 1.14. The Morgan fingerprint density at radius 2 is 1.28 bits per heavy atom. The molecule has 1 aromatic carbocycles. The molecule has 0 atom stereocenters. The Hall–Kier alpha value is -2.84. The molecule has 3 heterocycles. The van der Waals surface area contributed by atoms with Gasteiger partial charge in [-0.3, -0.25) is 19.0 Å². The van der Waals surface area contributed by atoms with E-state index in [4.69, 9.17) is 23.2 Å². The average Bonchev–Trinajstić information content (AvgIpc) is 3.23. The summed E-state index contributed by atoms with van der Waals surface area (Å²) >= 11 is 11.8. The Kier molecular flexibility index (Phi) is 5.55. The summed E-state index contributed by atoms with van der Waals surface area (Å²) in [5, 5.41) is 9.10. The van der Waals surface area contributed by atoms with Crippen LogP contribution in [0.2, 0.25) is 10.0 Å². The number of benzene rings is 1. The number of aromatic nitrogens is 4. The average molecular weight is 433 g/mol. The second kappa shape index (κ2) is 8.26. The van der Waals surface area contributed by atoms with Gasteiger partial charge >= 0.3 is 0 Å². The standard InChI is InChI=1S/C19H18Cl2N6O2/c20-14-8-22-24(10-14)12-18(28)26-6-3-7-27(17-5-2-1-4-16(17)26)19(29)13-25-11-15(21)9-23-25/h1-2,4-5,8-11H,3,6-7,12-13H2. The highest BCUT2D eigenvalue weighted by Crippen LogP contribution is 2.32. The quantitative estimate of drug-likeness (QED) is 0.634. The van der Waals surface area contributed by atoms with Crippen LogP contribution in [0.3, 0.4) is 0 Å². The smallest absolute Gasteiger partial charge is 0.248 e. The van der Waals surface area contributed by atoms with Crippen LogP contribution in [0.1, 0.15) is 6.42 Å². The van der Waals surface area contributed by atoms with Gasteiger partial charge in [0.2, 0.25) is 11.8 Å². The van der Waals surface area contributed by atoms with Crippen molar-refractivity contribution >= 4 is 46.4 Å². The minimum absolute atomic E-state index is 0.0702. The van der Waals surface area contributed by atoms with Crippen LogP contribution in [0.25, 0.3) is 0 Å². The van der Waals surface area contributed by atoms with Crippen LogP contribution >= 0.6 is 23.2 Å². The number of rotatable bonds is 4. The Bertz CT molecular complexity index is 966. The van der Waals surface area contributed by atoms with Gasteiger partial charge in [-0.25, -0.2) is 0 Å². The van der Waals surface area contributed by atoms with Crippen molar-refractivity contribution in [2.75, 3.05) is 22.9 Å². The molecular weight excluding hydrogens is 415 g/mol. The molecule has 0 fully saturated rings. The third kappa shape index (κ3) is 4.28. The van der Waals surface area contributed by atoms with Gasteiger partial charge in [0.1, 0.15) is 13.1 Å². The number of anilines is 2. The third-order valence-electron chi connectivity index (χ3n) is 4.63. The largest absolute Gasteiger partial charge is 0.309 e. The van der Waals surface area contributed by atoms with Gasteiger partial charge in [0.25, 0.3) is 0 Å². The maximum Gasteiger partial charge on any atom is 0.248 e. The Morgan fingerprint density at radius 3 is 1.66 bits per heavy atom. The summed E-state index contributed by atoms with van der Waals surface area (Å²) in [5.41, 5.74) is 1.39. The minimum atomic E-state index is -0.120. The highest BCUT2D eigenvalue weighted by molar-refractivity contribution is 6.30. The summed E-state index contributed by atoms with van der Waals surface area (Å²) in [6.07, 6.45) is 6.84. The van der Waals surface area contributed by atoms with E-state index in [9.17, 15) is 9.59 Å². The summed E-state index contributed by atoms with van der Waals surface area (Å²) in [7, 11) is 0. The maximum atomic E-state index is 13.0. The molecule has 150 valence electrons. The van der Waals surface area contributed by atoms with Crippen LogP contribution in [-0.2, 0) is 22.7 Å². The zero-order valence-electron chi connectivity index (χ0n) is 15.4. The van der Waals surface area contributed by atoms with Crippen molar-refractivity contribution in [2.24, 2.45) is 0 Å². The molecule has 1 aliphatic rings. The molecule has 0 bridgehead atoms. The van der Waals surface area contributed by atoms with Crippen molar-refractivity contribution in [3.8, 4) is 0 Å². The fourth-order valence-corrected chi connectivity index (χ4v) is 3.68. The van der Waals surface area contributed by atoms with E-state index in [1.807, 2.05) is 24.3 Å². The van der Waals surface area contributed by atoms with E-state index in [0.717, 1.165) is 0 Å². The number of hydrogen-bond acceptors (Lipinski definition) is 4. The van der Waals surface area contributed by atoms with Gasteiger partial charge in [-0.2, -0.15) is 10.2 Å². The highest BCUT2D eigenvalue weighted by atomic mass is 35.5. The molecular formula is C19H18Cl2N6O2. The minimum Gasteiger partial charge on any atom is -0.309 e. The van der Waals surface area contributed by atoms with E-state index in [0.29, 0.717) is 40.9 Å². The molecule has 2 aromatic heterocycles. The molecule has 1 aliphatic heterocycles. The third-order valence-corrected chi connectivity index (χ3v) is 5.02. The summed E-state index contributed by atoms with van der Waals surface area (Å²) in [5.74, 6) is -0.240. The SMILES string of the molecule is O=C(Cn1cc(Cl)cn1)N1CCCN(C(=O)Cn2cc(Cl)cn2)c2ccccc21. The van der Waals surface area contributed by atoms with Gasteiger partial charge in [-0.15, -0.1) is 0 Å². The van der Waals surface area contributed by atoms with Crippen molar-refractivity contribution in [3.63, 3.8) is 0 Å². The molecule has 0 saturated carbocycles. The van der Waals surface area contributed by atoms with Crippen molar-refractivity contribution in [3.05, 3.63) is 59.1 Å². The van der Waals surface area contributed by atoms with Crippen LogP contribution in [0.4, 0.5) is 11.4 Å². The number of carbonyl (C=O) groups is 2. The zero-order valence-corrected chi connectivity index (χ0v) is 16.9. The lowest BCUT2D eigenvalue weighted by Gasteiger charge is -2.25. The van der Waals surface area contributed by atoms with E-state index < -0.39 is 0 Å². The Balaban J connectivity index is 1.58. The van der Waals surface area contributed by atoms with E-state index in [1.165, 1.54) is 21.8 Å². The molecule has 0 aliphatic carbocycles. The van der Waals surface area contributed by atoms with Crippen molar-refractivity contribution in [1.82, 2.24) is 19.6 Å². The van der Waals surface area contributed by atoms with Crippen LogP contribution < -0.4 is 9.80 Å². The number of fused-ring (bicyclic) bond motifs is 1. The Morgan fingerprint density at radius 1 is 0.828 bits per heavy atom. The van der Waals surface area contributed by atoms with Crippen molar-refractivity contribution in [1.29, 1.82) is 0 Å². The molecule has 0 N–H and O–H groups in total. The van der Waals surface area contributed by atoms with Crippen molar-refractivity contribution < 1.29 is 9.59 Å². The first kappa shape index (κ1) is 19.5. The van der Waals surface area contributed by atoms with Crippen molar-refractivity contribution in [2.45, 2.75) is 19.5 Å². The Labute approximate surface area is 177 Å². The number of para-hydroxylation sites is 2. The molecule has 10 heteroatoms. The van der Waals surface area contributed by atoms with Gasteiger partial charge in [0.05, 0.1) is 33.8 Å². The van der Waals surface area contributed by atoms with E-state index >= 15 is 0 Å². The summed E-state index contributed by atoms with van der Waals surface area (Å²) in [6, 6.07) is 7.40. The lowest BCUT2D eigenvalue weighted by atomic mass is 10.2. The lowest BCUT2D eigenvalue weighted by Crippen LogP contribution is -2.34. The lowest BCUT2D eigenvalue weighted by molar-refractivity contribution is -0.120. The van der Waals surface area contributed by atoms with E-state index in [-0.39, 0.29) is 24.9 Å². The molecule has 3 aromatic rings. The zero-order chi connectivity index (χ0) is 20.4. The molecule has 2 amide bonds. The molecule has 0 spiro atoms. The van der Waals surface area contributed by atoms with Crippen LogP contribution in [0, 0.1) is 0 Å². The number of halogens is 2. The maximum absolute atomic E-state index is 13.0. The number of carbonyl (C=O) groups excluding carboxylic acids is 2. The van der Waals surface area contributed by atoms with Gasteiger partial charge in [-0.05, 0) is 18.6 Å². The number of hydrogen-bond donors (Lipinski definition) is 0. The monoisotopic (exact) mass is 432 g/mol. The van der Waals surface area contributed by atoms with Gasteiger partial charge in [0.15, 0.2) is 0 Å². The predicted molar refractivity (Wildman–Crippen MR) is 110 cm³/mol. The molecule has 0 unspecified atom stereocenters. The van der Waals surface area contributed by atoms with E-state index in [2.05, 4.69) is 10.2 Å². The number of amides is 2. The normalized spacial score (nSPS) is 13.9. The molecule has 8 nitrogen and oxygen atoms in total. The first-order chi connectivity index (χ1) is 14.0. The molecule has 29 heavy (non-hydrogen) atoms. The fraction of sp³-hybridized carbons (Fsp3) is 0.263. The number of nitrogens with zero attached hydrogens (tertiary/aromatic N) is 6. The topological polar surface area (TPSA) is 76.3 Å². The first-order valence-electron chi connectivity index (χ1n) is 9.07.